The van der Waals surface area contributed by atoms with Crippen molar-refractivity contribution in [2.24, 2.45) is 5.41 Å². The Balaban J connectivity index is 3.04. The number of sulfonamides is 1. The van der Waals surface area contributed by atoms with E-state index in [2.05, 4.69) is 0 Å². The van der Waals surface area contributed by atoms with E-state index in [1.165, 1.54) is 4.31 Å². The van der Waals surface area contributed by atoms with Gasteiger partial charge in [-0.25, -0.2) is 8.42 Å². The summed E-state index contributed by atoms with van der Waals surface area (Å²) in [6.45, 7) is 5.76. The standard InChI is InChI=1S/C14H24N2O3S/c1-14(2,3)8-11-20(18,19)16(9-10-17)13-7-5-4-6-12(13)15/h4-7,17H,8-11,15H2,1-3H3. The van der Waals surface area contributed by atoms with Crippen molar-refractivity contribution < 1.29 is 13.5 Å². The third kappa shape index (κ3) is 4.68. The van der Waals surface area contributed by atoms with Crippen LogP contribution in [0.3, 0.4) is 0 Å². The normalized spacial score (nSPS) is 12.4. The molecule has 0 aliphatic carbocycles. The zero-order valence-corrected chi connectivity index (χ0v) is 13.2. The van der Waals surface area contributed by atoms with Gasteiger partial charge in [0.1, 0.15) is 0 Å². The molecule has 114 valence electrons. The number of rotatable bonds is 6. The first kappa shape index (κ1) is 16.8. The molecule has 0 fully saturated rings. The molecule has 0 atom stereocenters. The van der Waals surface area contributed by atoms with E-state index < -0.39 is 10.0 Å². The topological polar surface area (TPSA) is 83.6 Å². The fourth-order valence-corrected chi connectivity index (χ4v) is 3.68. The molecular weight excluding hydrogens is 276 g/mol. The van der Waals surface area contributed by atoms with Crippen LogP contribution < -0.4 is 10.0 Å². The Hall–Kier alpha value is -1.27. The number of hydrogen-bond donors (Lipinski definition) is 2. The van der Waals surface area contributed by atoms with Crippen LogP contribution in [0.15, 0.2) is 24.3 Å². The van der Waals surface area contributed by atoms with Gasteiger partial charge in [-0.1, -0.05) is 32.9 Å². The lowest BCUT2D eigenvalue weighted by atomic mass is 9.94. The maximum atomic E-state index is 12.5. The number of nitrogen functional groups attached to an aromatic ring is 1. The lowest BCUT2D eigenvalue weighted by Crippen LogP contribution is -2.36. The predicted molar refractivity (Wildman–Crippen MR) is 83.1 cm³/mol. The smallest absolute Gasteiger partial charge is 0.235 e. The summed E-state index contributed by atoms with van der Waals surface area (Å²) in [5, 5.41) is 9.13. The summed E-state index contributed by atoms with van der Waals surface area (Å²) in [7, 11) is -3.50. The van der Waals surface area contributed by atoms with Gasteiger partial charge in [0.15, 0.2) is 0 Å². The van der Waals surface area contributed by atoms with Crippen molar-refractivity contribution in [2.45, 2.75) is 27.2 Å². The molecular formula is C14H24N2O3S. The van der Waals surface area contributed by atoms with Crippen LogP contribution in [0.2, 0.25) is 0 Å². The lowest BCUT2D eigenvalue weighted by molar-refractivity contribution is 0.306. The van der Waals surface area contributed by atoms with Crippen molar-refractivity contribution in [2.75, 3.05) is 28.9 Å². The molecule has 0 amide bonds. The number of nitrogens with zero attached hydrogens (tertiary/aromatic N) is 1. The van der Waals surface area contributed by atoms with Gasteiger partial charge in [0, 0.05) is 0 Å². The molecule has 20 heavy (non-hydrogen) atoms. The van der Waals surface area contributed by atoms with Gasteiger partial charge in [-0.2, -0.15) is 0 Å². The van der Waals surface area contributed by atoms with Gasteiger partial charge in [0.2, 0.25) is 10.0 Å². The van der Waals surface area contributed by atoms with Crippen LogP contribution in [0.1, 0.15) is 27.2 Å². The Morgan fingerprint density at radius 3 is 2.35 bits per heavy atom. The third-order valence-corrected chi connectivity index (χ3v) is 4.73. The summed E-state index contributed by atoms with van der Waals surface area (Å²) in [5.41, 5.74) is 6.59. The highest BCUT2D eigenvalue weighted by Crippen LogP contribution is 2.27. The fourth-order valence-electron chi connectivity index (χ4n) is 1.76. The Bertz CT molecular complexity index is 536. The summed E-state index contributed by atoms with van der Waals surface area (Å²) in [6.07, 6.45) is 0.546. The number of aliphatic hydroxyl groups excluding tert-OH is 1. The molecule has 0 aliphatic heterocycles. The molecule has 0 saturated heterocycles. The second kappa shape index (κ2) is 6.45. The van der Waals surface area contributed by atoms with E-state index in [1.807, 2.05) is 20.8 Å². The molecule has 0 heterocycles. The third-order valence-electron chi connectivity index (χ3n) is 2.95. The molecule has 0 bridgehead atoms. The first-order valence-corrected chi connectivity index (χ1v) is 8.24. The molecule has 3 N–H and O–H groups in total. The van der Waals surface area contributed by atoms with Crippen LogP contribution in [0.5, 0.6) is 0 Å². The Labute approximate surface area is 121 Å². The molecule has 0 saturated carbocycles. The summed E-state index contributed by atoms with van der Waals surface area (Å²) in [5.74, 6) is 0.0326. The highest BCUT2D eigenvalue weighted by atomic mass is 32.2. The molecule has 1 aromatic carbocycles. The lowest BCUT2D eigenvalue weighted by Gasteiger charge is -2.27. The number of aliphatic hydroxyl groups is 1. The predicted octanol–water partition coefficient (Wildman–Crippen LogP) is 1.83. The minimum atomic E-state index is -3.50. The van der Waals surface area contributed by atoms with Crippen LogP contribution in [-0.2, 0) is 10.0 Å². The molecule has 0 aliphatic rings. The first-order chi connectivity index (χ1) is 9.17. The average molecular weight is 300 g/mol. The van der Waals surface area contributed by atoms with Crippen molar-refractivity contribution in [3.05, 3.63) is 24.3 Å². The van der Waals surface area contributed by atoms with E-state index in [0.717, 1.165) is 0 Å². The minimum Gasteiger partial charge on any atom is -0.397 e. The molecule has 0 unspecified atom stereocenters. The van der Waals surface area contributed by atoms with Crippen molar-refractivity contribution in [1.82, 2.24) is 0 Å². The number of hydrogen-bond acceptors (Lipinski definition) is 4. The number of para-hydroxylation sites is 2. The van der Waals surface area contributed by atoms with Crippen LogP contribution in [0, 0.1) is 5.41 Å². The van der Waals surface area contributed by atoms with Crippen LogP contribution in [-0.4, -0.2) is 32.4 Å². The zero-order valence-electron chi connectivity index (χ0n) is 12.3. The van der Waals surface area contributed by atoms with Gasteiger partial charge in [-0.15, -0.1) is 0 Å². The van der Waals surface area contributed by atoms with Crippen molar-refractivity contribution in [3.63, 3.8) is 0 Å². The maximum Gasteiger partial charge on any atom is 0.235 e. The minimum absolute atomic E-state index is 0.0146. The molecule has 6 heteroatoms. The molecule has 0 spiro atoms. The van der Waals surface area contributed by atoms with E-state index in [1.54, 1.807) is 24.3 Å². The second-order valence-electron chi connectivity index (χ2n) is 5.98. The molecule has 1 aromatic rings. The van der Waals surface area contributed by atoms with Crippen molar-refractivity contribution in [1.29, 1.82) is 0 Å². The van der Waals surface area contributed by atoms with Gasteiger partial charge in [-0.3, -0.25) is 4.31 Å². The summed E-state index contributed by atoms with van der Waals surface area (Å²) in [6, 6.07) is 6.78. The highest BCUT2D eigenvalue weighted by molar-refractivity contribution is 7.92. The number of nitrogens with two attached hydrogens (primary N) is 1. The van der Waals surface area contributed by atoms with Crippen molar-refractivity contribution >= 4 is 21.4 Å². The van der Waals surface area contributed by atoms with Crippen LogP contribution in [0.4, 0.5) is 11.4 Å². The Morgan fingerprint density at radius 1 is 1.25 bits per heavy atom. The summed E-state index contributed by atoms with van der Waals surface area (Å²) in [4.78, 5) is 0. The Kier molecular flexibility index (Phi) is 5.42. The van der Waals surface area contributed by atoms with E-state index in [9.17, 15) is 8.42 Å². The zero-order chi connectivity index (χ0) is 15.4. The van der Waals surface area contributed by atoms with Gasteiger partial charge < -0.3 is 10.8 Å². The van der Waals surface area contributed by atoms with E-state index in [4.69, 9.17) is 10.8 Å². The Morgan fingerprint density at radius 2 is 1.85 bits per heavy atom. The summed E-state index contributed by atoms with van der Waals surface area (Å²) < 4.78 is 26.2. The first-order valence-electron chi connectivity index (χ1n) is 6.63. The van der Waals surface area contributed by atoms with E-state index in [-0.39, 0.29) is 24.3 Å². The molecule has 0 radical (unpaired) electrons. The number of anilines is 2. The van der Waals surface area contributed by atoms with Crippen LogP contribution >= 0.6 is 0 Å². The van der Waals surface area contributed by atoms with Gasteiger partial charge in [0.05, 0.1) is 30.3 Å². The fraction of sp³-hybridized carbons (Fsp3) is 0.571. The number of benzene rings is 1. The summed E-state index contributed by atoms with van der Waals surface area (Å²) >= 11 is 0. The van der Waals surface area contributed by atoms with Gasteiger partial charge >= 0.3 is 0 Å². The van der Waals surface area contributed by atoms with Gasteiger partial charge in [0.25, 0.3) is 0 Å². The molecule has 5 nitrogen and oxygen atoms in total. The quantitative estimate of drug-likeness (QED) is 0.785. The molecule has 0 aromatic heterocycles. The maximum absolute atomic E-state index is 12.5. The highest BCUT2D eigenvalue weighted by Gasteiger charge is 2.25. The average Bonchev–Trinajstić information content (AvgIpc) is 2.34. The van der Waals surface area contributed by atoms with Crippen LogP contribution in [0.25, 0.3) is 0 Å². The van der Waals surface area contributed by atoms with E-state index in [0.29, 0.717) is 17.8 Å². The van der Waals surface area contributed by atoms with Crippen molar-refractivity contribution in [3.8, 4) is 0 Å². The second-order valence-corrected chi connectivity index (χ2v) is 7.99. The molecule has 1 rings (SSSR count). The SMILES string of the molecule is CC(C)(C)CCS(=O)(=O)N(CCO)c1ccccc1N. The van der Waals surface area contributed by atoms with Gasteiger partial charge in [-0.05, 0) is 24.0 Å². The van der Waals surface area contributed by atoms with E-state index >= 15 is 0 Å². The largest absolute Gasteiger partial charge is 0.397 e. The monoisotopic (exact) mass is 300 g/mol.